The first-order valence-corrected chi connectivity index (χ1v) is 11.3. The quantitative estimate of drug-likeness (QED) is 0.531. The summed E-state index contributed by atoms with van der Waals surface area (Å²) in [4.78, 5) is 34.9. The number of carbonyl (C=O) groups excluding carboxylic acids is 2. The Labute approximate surface area is 198 Å². The first-order chi connectivity index (χ1) is 16.5. The van der Waals surface area contributed by atoms with Crippen LogP contribution in [0.25, 0.3) is 0 Å². The van der Waals surface area contributed by atoms with E-state index >= 15 is 0 Å². The van der Waals surface area contributed by atoms with Gasteiger partial charge in [-0.3, -0.25) is 14.6 Å². The summed E-state index contributed by atoms with van der Waals surface area (Å²) in [6.45, 7) is 5.11. The molecule has 2 amide bonds. The number of nitrogens with one attached hydrogen (secondary N) is 2. The first-order valence-electron chi connectivity index (χ1n) is 11.3. The number of nitrogens with zero attached hydrogens (tertiary/aromatic N) is 3. The second-order valence-corrected chi connectivity index (χ2v) is 8.12. The maximum absolute atomic E-state index is 13.3. The summed E-state index contributed by atoms with van der Waals surface area (Å²) in [6, 6.07) is 11.0. The van der Waals surface area contributed by atoms with Gasteiger partial charge in [0.2, 0.25) is 5.88 Å². The number of benzene rings is 1. The molecule has 9 nitrogen and oxygen atoms in total. The van der Waals surface area contributed by atoms with E-state index in [1.165, 1.54) is 13.3 Å². The van der Waals surface area contributed by atoms with Crippen molar-refractivity contribution < 1.29 is 19.1 Å². The Balaban J connectivity index is 1.55. The number of hydrogen-bond donors (Lipinski definition) is 2. The third-order valence-electron chi connectivity index (χ3n) is 5.95. The van der Waals surface area contributed by atoms with Crippen LogP contribution in [-0.4, -0.2) is 40.1 Å². The monoisotopic (exact) mass is 463 g/mol. The number of amides is 2. The van der Waals surface area contributed by atoms with Crippen molar-refractivity contribution in [2.75, 3.05) is 13.7 Å². The van der Waals surface area contributed by atoms with Gasteiger partial charge in [0.25, 0.3) is 11.8 Å². The molecule has 1 aliphatic rings. The molecule has 0 spiro atoms. The predicted molar refractivity (Wildman–Crippen MR) is 125 cm³/mol. The molecule has 2 N–H and O–H groups in total. The Bertz CT molecular complexity index is 1140. The van der Waals surface area contributed by atoms with E-state index in [-0.39, 0.29) is 30.5 Å². The van der Waals surface area contributed by atoms with Gasteiger partial charge in [-0.25, -0.2) is 4.98 Å². The second-order valence-electron chi connectivity index (χ2n) is 8.12. The fraction of sp³-hybridized carbons (Fsp3) is 0.360. The number of ether oxygens (including phenoxy) is 2. The van der Waals surface area contributed by atoms with Crippen LogP contribution >= 0.6 is 0 Å². The zero-order valence-electron chi connectivity index (χ0n) is 19.6. The van der Waals surface area contributed by atoms with Gasteiger partial charge in [-0.15, -0.1) is 0 Å². The van der Waals surface area contributed by atoms with E-state index in [9.17, 15) is 9.59 Å². The Hall–Kier alpha value is -3.72. The normalized spacial score (nSPS) is 14.6. The zero-order valence-corrected chi connectivity index (χ0v) is 19.6. The molecule has 2 atom stereocenters. The average Bonchev–Trinajstić information content (AvgIpc) is 3.28. The molecule has 1 aromatic carbocycles. The Morgan fingerprint density at radius 3 is 2.62 bits per heavy atom. The van der Waals surface area contributed by atoms with Crippen molar-refractivity contribution >= 4 is 11.8 Å². The van der Waals surface area contributed by atoms with Crippen molar-refractivity contribution in [2.45, 2.75) is 45.5 Å². The molecule has 178 valence electrons. The minimum absolute atomic E-state index is 0.125. The van der Waals surface area contributed by atoms with E-state index in [1.54, 1.807) is 12.3 Å². The van der Waals surface area contributed by atoms with Crippen molar-refractivity contribution in [3.8, 4) is 5.88 Å². The lowest BCUT2D eigenvalue weighted by molar-refractivity contribution is 0.0774. The molecule has 3 aromatic rings. The maximum Gasteiger partial charge on any atom is 0.268 e. The third kappa shape index (κ3) is 4.94. The maximum atomic E-state index is 13.3. The van der Waals surface area contributed by atoms with Crippen LogP contribution in [0, 0.1) is 0 Å². The van der Waals surface area contributed by atoms with Crippen molar-refractivity contribution in [2.24, 2.45) is 0 Å². The van der Waals surface area contributed by atoms with Gasteiger partial charge in [-0.05, 0) is 25.0 Å². The molecular weight excluding hydrogens is 434 g/mol. The molecule has 0 radical (unpaired) electrons. The molecule has 0 saturated heterocycles. The summed E-state index contributed by atoms with van der Waals surface area (Å²) in [5, 5.41) is 6.06. The molecule has 4 rings (SSSR count). The molecular formula is C25H29N5O4. The number of aromatic nitrogens is 3. The highest BCUT2D eigenvalue weighted by Gasteiger charge is 2.28. The second kappa shape index (κ2) is 10.5. The predicted octanol–water partition coefficient (Wildman–Crippen LogP) is 3.19. The summed E-state index contributed by atoms with van der Waals surface area (Å²) < 4.78 is 12.5. The Morgan fingerprint density at radius 1 is 1.15 bits per heavy atom. The van der Waals surface area contributed by atoms with Crippen LogP contribution in [-0.2, 0) is 17.9 Å². The Morgan fingerprint density at radius 2 is 1.94 bits per heavy atom. The molecule has 2 unspecified atom stereocenters. The topological polar surface area (TPSA) is 107 Å². The van der Waals surface area contributed by atoms with Crippen LogP contribution in [0.4, 0.5) is 0 Å². The Kier molecular flexibility index (Phi) is 7.22. The minimum Gasteiger partial charge on any atom is -0.480 e. The zero-order chi connectivity index (χ0) is 24.1. The van der Waals surface area contributed by atoms with Crippen LogP contribution in [0.5, 0.6) is 5.88 Å². The summed E-state index contributed by atoms with van der Waals surface area (Å²) in [6.07, 6.45) is 3.82. The minimum atomic E-state index is -0.378. The molecule has 1 aliphatic heterocycles. The largest absolute Gasteiger partial charge is 0.480 e. The van der Waals surface area contributed by atoms with E-state index in [1.807, 2.05) is 48.7 Å². The van der Waals surface area contributed by atoms with Crippen molar-refractivity contribution in [3.05, 3.63) is 77.0 Å². The van der Waals surface area contributed by atoms with Crippen LogP contribution < -0.4 is 15.4 Å². The highest BCUT2D eigenvalue weighted by molar-refractivity contribution is 6.01. The number of fused-ring (bicyclic) bond motifs is 1. The molecule has 3 heterocycles. The van der Waals surface area contributed by atoms with Gasteiger partial charge in [-0.2, -0.15) is 0 Å². The van der Waals surface area contributed by atoms with E-state index in [4.69, 9.17) is 9.47 Å². The van der Waals surface area contributed by atoms with E-state index in [2.05, 4.69) is 20.6 Å². The highest BCUT2D eigenvalue weighted by atomic mass is 16.5. The number of hydrogen-bond acceptors (Lipinski definition) is 6. The van der Waals surface area contributed by atoms with Crippen molar-refractivity contribution in [1.29, 1.82) is 0 Å². The van der Waals surface area contributed by atoms with Gasteiger partial charge in [0.1, 0.15) is 5.69 Å². The SMILES string of the molecule is CCC(NC(=O)c1cc(C(=O)NC(C)c2cnc(OC)cn2)n2c1COCC2)c1ccccc1. The van der Waals surface area contributed by atoms with E-state index < -0.39 is 0 Å². The van der Waals surface area contributed by atoms with Crippen molar-refractivity contribution in [1.82, 2.24) is 25.2 Å². The fourth-order valence-electron chi connectivity index (χ4n) is 4.05. The van der Waals surface area contributed by atoms with Crippen LogP contribution in [0.3, 0.4) is 0 Å². The van der Waals surface area contributed by atoms with Gasteiger partial charge in [0, 0.05) is 6.54 Å². The number of rotatable bonds is 8. The molecule has 2 aromatic heterocycles. The third-order valence-corrected chi connectivity index (χ3v) is 5.95. The van der Waals surface area contributed by atoms with Crippen LogP contribution in [0.15, 0.2) is 48.8 Å². The standard InChI is InChI=1S/C25H29N5O4/c1-4-19(17-8-6-5-7-9-17)29-24(31)18-12-21(30-10-11-34-15-22(18)30)25(32)28-16(2)20-13-27-23(33-3)14-26-20/h5-9,12-14,16,19H,4,10-11,15H2,1-3H3,(H,28,32)(H,29,31). The van der Waals surface area contributed by atoms with Crippen LogP contribution in [0.1, 0.15) is 70.1 Å². The lowest BCUT2D eigenvalue weighted by atomic mass is 10.0. The first kappa shape index (κ1) is 23.4. The fourth-order valence-corrected chi connectivity index (χ4v) is 4.05. The van der Waals surface area contributed by atoms with Gasteiger partial charge >= 0.3 is 0 Å². The molecule has 0 aliphatic carbocycles. The number of methoxy groups -OCH3 is 1. The summed E-state index contributed by atoms with van der Waals surface area (Å²) >= 11 is 0. The van der Waals surface area contributed by atoms with Crippen molar-refractivity contribution in [3.63, 3.8) is 0 Å². The molecule has 34 heavy (non-hydrogen) atoms. The summed E-state index contributed by atoms with van der Waals surface area (Å²) in [5.74, 6) is -0.111. The van der Waals surface area contributed by atoms with Gasteiger partial charge in [-0.1, -0.05) is 37.3 Å². The summed E-state index contributed by atoms with van der Waals surface area (Å²) in [7, 11) is 1.52. The summed E-state index contributed by atoms with van der Waals surface area (Å²) in [5.41, 5.74) is 3.22. The van der Waals surface area contributed by atoms with E-state index in [0.29, 0.717) is 41.7 Å². The van der Waals surface area contributed by atoms with Gasteiger partial charge < -0.3 is 24.7 Å². The van der Waals surface area contributed by atoms with E-state index in [0.717, 1.165) is 12.0 Å². The van der Waals surface area contributed by atoms with Gasteiger partial charge in [0.15, 0.2) is 0 Å². The molecule has 0 saturated carbocycles. The lowest BCUT2D eigenvalue weighted by Crippen LogP contribution is -2.31. The van der Waals surface area contributed by atoms with Crippen LogP contribution in [0.2, 0.25) is 0 Å². The molecule has 0 fully saturated rings. The lowest BCUT2D eigenvalue weighted by Gasteiger charge is -2.21. The smallest absolute Gasteiger partial charge is 0.268 e. The highest BCUT2D eigenvalue weighted by Crippen LogP contribution is 2.24. The van der Waals surface area contributed by atoms with Gasteiger partial charge in [0.05, 0.1) is 61.8 Å². The number of carbonyl (C=O) groups is 2. The molecule has 0 bridgehead atoms. The average molecular weight is 464 g/mol. The molecule has 9 heteroatoms.